The summed E-state index contributed by atoms with van der Waals surface area (Å²) in [4.78, 5) is 12.3. The minimum Gasteiger partial charge on any atom is -0.456 e. The predicted octanol–water partition coefficient (Wildman–Crippen LogP) is 3.69. The molecule has 7 heteroatoms. The van der Waals surface area contributed by atoms with E-state index in [1.807, 2.05) is 12.1 Å². The van der Waals surface area contributed by atoms with Gasteiger partial charge < -0.3 is 19.5 Å². The normalized spacial score (nSPS) is 20.1. The highest BCUT2D eigenvalue weighted by atomic mass is 79.9. The summed E-state index contributed by atoms with van der Waals surface area (Å²) in [7, 11) is 0. The monoisotopic (exact) mass is 403 g/mol. The first-order valence-electron chi connectivity index (χ1n) is 7.67. The van der Waals surface area contributed by atoms with Crippen LogP contribution in [0.25, 0.3) is 0 Å². The summed E-state index contributed by atoms with van der Waals surface area (Å²) >= 11 is 3.22. The zero-order valence-electron chi connectivity index (χ0n) is 12.8. The highest BCUT2D eigenvalue weighted by Crippen LogP contribution is 2.49. The summed E-state index contributed by atoms with van der Waals surface area (Å²) in [5, 5.41) is 3.26. The van der Waals surface area contributed by atoms with Gasteiger partial charge in [0.05, 0.1) is 15.7 Å². The molecule has 3 heterocycles. The van der Waals surface area contributed by atoms with E-state index < -0.39 is 0 Å². The van der Waals surface area contributed by atoms with Gasteiger partial charge in [0.1, 0.15) is 12.4 Å². The van der Waals surface area contributed by atoms with Crippen LogP contribution in [0.15, 0.2) is 46.1 Å². The van der Waals surface area contributed by atoms with Crippen LogP contribution in [0.3, 0.4) is 0 Å². The molecule has 0 saturated carbocycles. The molecule has 126 valence electrons. The maximum atomic E-state index is 13.7. The summed E-state index contributed by atoms with van der Waals surface area (Å²) < 4.78 is 30.2. The first-order valence-corrected chi connectivity index (χ1v) is 8.47. The molecule has 1 N–H and O–H groups in total. The molecule has 0 spiro atoms. The van der Waals surface area contributed by atoms with Gasteiger partial charge in [-0.15, -0.1) is 0 Å². The van der Waals surface area contributed by atoms with Crippen molar-refractivity contribution in [3.63, 3.8) is 0 Å². The van der Waals surface area contributed by atoms with E-state index in [1.54, 1.807) is 12.1 Å². The second-order valence-electron chi connectivity index (χ2n) is 5.99. The molecular formula is C18H11BrFNO4. The molecule has 5 rings (SSSR count). The first-order chi connectivity index (χ1) is 12.1. The number of cyclic esters (lactones) is 1. The van der Waals surface area contributed by atoms with Gasteiger partial charge in [-0.25, -0.2) is 9.18 Å². The zero-order valence-corrected chi connectivity index (χ0v) is 14.4. The molecule has 0 saturated heterocycles. The topological polar surface area (TPSA) is 56.8 Å². The van der Waals surface area contributed by atoms with Crippen molar-refractivity contribution in [3.05, 3.63) is 63.0 Å². The van der Waals surface area contributed by atoms with E-state index in [4.69, 9.17) is 14.2 Å². The van der Waals surface area contributed by atoms with E-state index in [-0.39, 0.29) is 31.1 Å². The van der Waals surface area contributed by atoms with Crippen LogP contribution >= 0.6 is 15.9 Å². The van der Waals surface area contributed by atoms with Crippen LogP contribution in [0.1, 0.15) is 17.0 Å². The molecule has 0 bridgehead atoms. The Bertz CT molecular complexity index is 972. The van der Waals surface area contributed by atoms with Crippen molar-refractivity contribution in [3.8, 4) is 11.5 Å². The van der Waals surface area contributed by atoms with Gasteiger partial charge in [-0.05, 0) is 45.3 Å². The SMILES string of the molecule is O=C1OCC2=C1C(c1ccc(F)c(Br)c1)c1cc3c(cc1N2)OCO3. The standard InChI is InChI=1S/C18H11BrFNO4/c19-10-3-8(1-2-11(10)20)16-9-4-14-15(25-7-24-14)5-12(9)21-13-6-23-18(22)17(13)16/h1-5,16,21H,6-7H2. The molecule has 0 radical (unpaired) electrons. The van der Waals surface area contributed by atoms with Crippen molar-refractivity contribution < 1.29 is 23.4 Å². The number of hydrogen-bond acceptors (Lipinski definition) is 5. The van der Waals surface area contributed by atoms with Crippen LogP contribution in [0.5, 0.6) is 11.5 Å². The maximum absolute atomic E-state index is 13.7. The molecule has 3 aliphatic rings. The van der Waals surface area contributed by atoms with Crippen molar-refractivity contribution in [1.29, 1.82) is 0 Å². The number of nitrogens with one attached hydrogen (secondary N) is 1. The average molecular weight is 404 g/mol. The first kappa shape index (κ1) is 14.8. The fraction of sp³-hybridized carbons (Fsp3) is 0.167. The molecular weight excluding hydrogens is 393 g/mol. The van der Waals surface area contributed by atoms with Gasteiger partial charge in [-0.3, -0.25) is 0 Å². The molecule has 0 aromatic heterocycles. The number of benzene rings is 2. The van der Waals surface area contributed by atoms with Gasteiger partial charge in [0.2, 0.25) is 6.79 Å². The Hall–Kier alpha value is -2.54. The third-order valence-electron chi connectivity index (χ3n) is 4.60. The number of fused-ring (bicyclic) bond motifs is 2. The van der Waals surface area contributed by atoms with E-state index in [1.165, 1.54) is 6.07 Å². The van der Waals surface area contributed by atoms with E-state index in [2.05, 4.69) is 21.2 Å². The molecule has 1 unspecified atom stereocenters. The maximum Gasteiger partial charge on any atom is 0.337 e. The van der Waals surface area contributed by atoms with Crippen LogP contribution in [0.4, 0.5) is 10.1 Å². The third kappa shape index (κ3) is 2.15. The van der Waals surface area contributed by atoms with Crippen LogP contribution in [0, 0.1) is 5.82 Å². The second kappa shape index (κ2) is 5.23. The van der Waals surface area contributed by atoms with Crippen LogP contribution in [-0.2, 0) is 9.53 Å². The Labute approximate surface area is 150 Å². The lowest BCUT2D eigenvalue weighted by molar-refractivity contribution is -0.136. The number of hydrogen-bond donors (Lipinski definition) is 1. The molecule has 0 aliphatic carbocycles. The fourth-order valence-corrected chi connectivity index (χ4v) is 3.87. The van der Waals surface area contributed by atoms with Gasteiger partial charge in [-0.2, -0.15) is 0 Å². The Morgan fingerprint density at radius 3 is 2.72 bits per heavy atom. The number of halogens is 2. The number of ether oxygens (including phenoxy) is 3. The van der Waals surface area contributed by atoms with Crippen molar-refractivity contribution in [1.82, 2.24) is 0 Å². The summed E-state index contributed by atoms with van der Waals surface area (Å²) in [6.07, 6.45) is 0. The summed E-state index contributed by atoms with van der Waals surface area (Å²) in [6, 6.07) is 8.48. The van der Waals surface area contributed by atoms with Gasteiger partial charge in [0.25, 0.3) is 0 Å². The Balaban J connectivity index is 1.74. The highest BCUT2D eigenvalue weighted by Gasteiger charge is 2.39. The average Bonchev–Trinajstić information content (AvgIpc) is 3.20. The summed E-state index contributed by atoms with van der Waals surface area (Å²) in [6.45, 7) is 0.362. The van der Waals surface area contributed by atoms with Gasteiger partial charge >= 0.3 is 5.97 Å². The van der Waals surface area contributed by atoms with E-state index >= 15 is 0 Å². The number of rotatable bonds is 1. The van der Waals surface area contributed by atoms with Crippen molar-refractivity contribution in [2.45, 2.75) is 5.92 Å². The Morgan fingerprint density at radius 2 is 1.92 bits per heavy atom. The quantitative estimate of drug-likeness (QED) is 0.735. The summed E-state index contributed by atoms with van der Waals surface area (Å²) in [5.41, 5.74) is 3.75. The van der Waals surface area contributed by atoms with Gasteiger partial charge in [0.15, 0.2) is 11.5 Å². The minimum atomic E-state index is -0.368. The van der Waals surface area contributed by atoms with Gasteiger partial charge in [0, 0.05) is 17.7 Å². The van der Waals surface area contributed by atoms with Gasteiger partial charge in [-0.1, -0.05) is 6.07 Å². The Kier molecular flexibility index (Phi) is 3.09. The van der Waals surface area contributed by atoms with Crippen LogP contribution in [0.2, 0.25) is 0 Å². The fourth-order valence-electron chi connectivity index (χ4n) is 3.47. The lowest BCUT2D eigenvalue weighted by atomic mass is 9.81. The Morgan fingerprint density at radius 1 is 1.12 bits per heavy atom. The number of carbonyl (C=O) groups is 1. The number of esters is 1. The molecule has 0 fully saturated rings. The van der Waals surface area contributed by atoms with E-state index in [9.17, 15) is 9.18 Å². The lowest BCUT2D eigenvalue weighted by Crippen LogP contribution is -2.20. The number of anilines is 1. The molecule has 2 aromatic rings. The van der Waals surface area contributed by atoms with Crippen molar-refractivity contribution >= 4 is 27.6 Å². The second-order valence-corrected chi connectivity index (χ2v) is 6.85. The number of carbonyl (C=O) groups excluding carboxylic acids is 1. The molecule has 3 aliphatic heterocycles. The molecule has 25 heavy (non-hydrogen) atoms. The zero-order chi connectivity index (χ0) is 17.1. The van der Waals surface area contributed by atoms with E-state index in [0.717, 1.165) is 22.5 Å². The predicted molar refractivity (Wildman–Crippen MR) is 90.1 cm³/mol. The van der Waals surface area contributed by atoms with E-state index in [0.29, 0.717) is 21.5 Å². The van der Waals surface area contributed by atoms with Crippen molar-refractivity contribution in [2.24, 2.45) is 0 Å². The molecule has 1 atom stereocenters. The largest absolute Gasteiger partial charge is 0.456 e. The van der Waals surface area contributed by atoms with Crippen LogP contribution < -0.4 is 14.8 Å². The van der Waals surface area contributed by atoms with Crippen LogP contribution in [-0.4, -0.2) is 19.4 Å². The molecule has 0 amide bonds. The molecule has 5 nitrogen and oxygen atoms in total. The molecule has 2 aromatic carbocycles. The lowest BCUT2D eigenvalue weighted by Gasteiger charge is -2.27. The highest BCUT2D eigenvalue weighted by molar-refractivity contribution is 9.10. The minimum absolute atomic E-state index is 0.167. The summed E-state index contributed by atoms with van der Waals surface area (Å²) in [5.74, 6) is 0.192. The smallest absolute Gasteiger partial charge is 0.337 e. The third-order valence-corrected chi connectivity index (χ3v) is 5.21. The van der Waals surface area contributed by atoms with Crippen molar-refractivity contribution in [2.75, 3.05) is 18.7 Å².